The number of allylic oxidation sites excluding steroid dienone is 1. The number of carbonyl (C=O) groups excluding carboxylic acids is 1. The van der Waals surface area contributed by atoms with Crippen LogP contribution < -0.4 is 5.48 Å². The number of amides is 1. The first-order chi connectivity index (χ1) is 4.59. The molecule has 0 rings (SSSR count). The van der Waals surface area contributed by atoms with Gasteiger partial charge in [-0.3, -0.25) is 9.63 Å². The van der Waals surface area contributed by atoms with E-state index in [-0.39, 0.29) is 5.91 Å². The third-order valence-corrected chi connectivity index (χ3v) is 1.29. The van der Waals surface area contributed by atoms with Crippen molar-refractivity contribution in [3.05, 3.63) is 11.1 Å². The number of rotatable bonds is 2. The third-order valence-electron chi connectivity index (χ3n) is 1.29. The molecule has 1 N–H and O–H groups in total. The summed E-state index contributed by atoms with van der Waals surface area (Å²) in [5.74, 6) is -0.178. The van der Waals surface area contributed by atoms with Crippen molar-refractivity contribution < 1.29 is 9.63 Å². The van der Waals surface area contributed by atoms with Crippen LogP contribution in [-0.2, 0) is 9.63 Å². The van der Waals surface area contributed by atoms with Crippen LogP contribution >= 0.6 is 0 Å². The Labute approximate surface area is 61.0 Å². The molecule has 0 fully saturated rings. The van der Waals surface area contributed by atoms with Crippen LogP contribution in [0.25, 0.3) is 0 Å². The van der Waals surface area contributed by atoms with E-state index in [1.807, 2.05) is 13.8 Å². The summed E-state index contributed by atoms with van der Waals surface area (Å²) in [5, 5.41) is 0. The van der Waals surface area contributed by atoms with Crippen molar-refractivity contribution >= 4 is 5.91 Å². The zero-order valence-corrected chi connectivity index (χ0v) is 6.82. The molecule has 0 aromatic carbocycles. The molecule has 0 aliphatic heterocycles. The molecule has 0 aliphatic carbocycles. The highest BCUT2D eigenvalue weighted by Crippen LogP contribution is 2.00. The molecule has 0 aromatic rings. The Morgan fingerprint density at radius 3 is 2.10 bits per heavy atom. The Bertz CT molecular complexity index is 157. The minimum absolute atomic E-state index is 0.178. The van der Waals surface area contributed by atoms with Crippen molar-refractivity contribution in [1.29, 1.82) is 0 Å². The largest absolute Gasteiger partial charge is 0.277 e. The van der Waals surface area contributed by atoms with Crippen molar-refractivity contribution in [3.63, 3.8) is 0 Å². The van der Waals surface area contributed by atoms with Crippen LogP contribution in [0.5, 0.6) is 0 Å². The fourth-order valence-corrected chi connectivity index (χ4v) is 0.396. The van der Waals surface area contributed by atoms with Gasteiger partial charge in [-0.25, -0.2) is 5.48 Å². The summed E-state index contributed by atoms with van der Waals surface area (Å²) in [6.45, 7) is 5.51. The zero-order chi connectivity index (χ0) is 8.15. The summed E-state index contributed by atoms with van der Waals surface area (Å²) in [5.41, 5.74) is 3.92. The molecule has 0 radical (unpaired) electrons. The van der Waals surface area contributed by atoms with Gasteiger partial charge in [0, 0.05) is 5.57 Å². The normalized spacial score (nSPS) is 8.80. The Kier molecular flexibility index (Phi) is 3.72. The first-order valence-corrected chi connectivity index (χ1v) is 3.07. The second-order valence-corrected chi connectivity index (χ2v) is 2.26. The Balaban J connectivity index is 4.09. The van der Waals surface area contributed by atoms with Crippen molar-refractivity contribution in [3.8, 4) is 0 Å². The van der Waals surface area contributed by atoms with Gasteiger partial charge in [-0.05, 0) is 20.8 Å². The lowest BCUT2D eigenvalue weighted by Crippen LogP contribution is -2.22. The van der Waals surface area contributed by atoms with E-state index in [0.717, 1.165) is 5.57 Å². The summed E-state index contributed by atoms with van der Waals surface area (Å²) in [7, 11) is 1.41. The summed E-state index contributed by atoms with van der Waals surface area (Å²) in [6.07, 6.45) is 0. The lowest BCUT2D eigenvalue weighted by atomic mass is 10.2. The maximum atomic E-state index is 10.9. The molecule has 0 bridgehead atoms. The fourth-order valence-electron chi connectivity index (χ4n) is 0.396. The van der Waals surface area contributed by atoms with Gasteiger partial charge in [0.25, 0.3) is 5.91 Å². The van der Waals surface area contributed by atoms with E-state index in [0.29, 0.717) is 5.57 Å². The molecule has 1 amide bonds. The standard InChI is InChI=1S/C7H13NO2/c1-5(2)6(3)7(9)8-10-4/h1-4H3,(H,8,9). The molecular formula is C7H13NO2. The minimum Gasteiger partial charge on any atom is -0.277 e. The maximum Gasteiger partial charge on any atom is 0.270 e. The first-order valence-electron chi connectivity index (χ1n) is 3.07. The van der Waals surface area contributed by atoms with Gasteiger partial charge in [-0.15, -0.1) is 0 Å². The molecule has 0 saturated carbocycles. The quantitative estimate of drug-likeness (QED) is 0.463. The van der Waals surface area contributed by atoms with Gasteiger partial charge in [0.2, 0.25) is 0 Å². The molecule has 0 heterocycles. The van der Waals surface area contributed by atoms with E-state index < -0.39 is 0 Å². The van der Waals surface area contributed by atoms with E-state index >= 15 is 0 Å². The summed E-state index contributed by atoms with van der Waals surface area (Å²) >= 11 is 0. The van der Waals surface area contributed by atoms with Crippen molar-refractivity contribution in [1.82, 2.24) is 5.48 Å². The molecular weight excluding hydrogens is 130 g/mol. The van der Waals surface area contributed by atoms with Crippen LogP contribution in [0.15, 0.2) is 11.1 Å². The fraction of sp³-hybridized carbons (Fsp3) is 0.571. The number of hydroxylamine groups is 1. The molecule has 3 nitrogen and oxygen atoms in total. The number of hydrogen-bond donors (Lipinski definition) is 1. The van der Waals surface area contributed by atoms with Crippen LogP contribution in [0.3, 0.4) is 0 Å². The lowest BCUT2D eigenvalue weighted by Gasteiger charge is -2.02. The average Bonchev–Trinajstić information content (AvgIpc) is 1.87. The Morgan fingerprint density at radius 2 is 1.80 bits per heavy atom. The molecule has 58 valence electrons. The monoisotopic (exact) mass is 143 g/mol. The van der Waals surface area contributed by atoms with E-state index in [1.54, 1.807) is 6.92 Å². The van der Waals surface area contributed by atoms with Crippen LogP contribution in [0.1, 0.15) is 20.8 Å². The summed E-state index contributed by atoms with van der Waals surface area (Å²) in [6, 6.07) is 0. The molecule has 0 unspecified atom stereocenters. The van der Waals surface area contributed by atoms with Crippen LogP contribution in [0.4, 0.5) is 0 Å². The molecule has 0 spiro atoms. The van der Waals surface area contributed by atoms with Crippen LogP contribution in [0.2, 0.25) is 0 Å². The highest BCUT2D eigenvalue weighted by Gasteiger charge is 2.02. The molecule has 3 heteroatoms. The lowest BCUT2D eigenvalue weighted by molar-refractivity contribution is -0.127. The molecule has 10 heavy (non-hydrogen) atoms. The average molecular weight is 143 g/mol. The van der Waals surface area contributed by atoms with Crippen LogP contribution in [0, 0.1) is 0 Å². The maximum absolute atomic E-state index is 10.9. The SMILES string of the molecule is CONC(=O)C(C)=C(C)C. The van der Waals surface area contributed by atoms with E-state index in [4.69, 9.17) is 0 Å². The van der Waals surface area contributed by atoms with E-state index in [2.05, 4.69) is 10.3 Å². The smallest absolute Gasteiger partial charge is 0.270 e. The molecule has 0 aromatic heterocycles. The molecule has 0 atom stereocenters. The predicted octanol–water partition coefficient (Wildman–Crippen LogP) is 1.02. The van der Waals surface area contributed by atoms with Gasteiger partial charge < -0.3 is 0 Å². The Hall–Kier alpha value is -0.830. The highest BCUT2D eigenvalue weighted by molar-refractivity contribution is 5.92. The van der Waals surface area contributed by atoms with Crippen LogP contribution in [-0.4, -0.2) is 13.0 Å². The van der Waals surface area contributed by atoms with E-state index in [9.17, 15) is 4.79 Å². The number of hydrogen-bond acceptors (Lipinski definition) is 2. The second-order valence-electron chi connectivity index (χ2n) is 2.26. The van der Waals surface area contributed by atoms with Gasteiger partial charge >= 0.3 is 0 Å². The minimum atomic E-state index is -0.178. The second kappa shape index (κ2) is 4.06. The van der Waals surface area contributed by atoms with E-state index in [1.165, 1.54) is 7.11 Å². The van der Waals surface area contributed by atoms with Crippen molar-refractivity contribution in [2.24, 2.45) is 0 Å². The van der Waals surface area contributed by atoms with Gasteiger partial charge in [-0.1, -0.05) is 5.57 Å². The highest BCUT2D eigenvalue weighted by atomic mass is 16.6. The van der Waals surface area contributed by atoms with Crippen molar-refractivity contribution in [2.45, 2.75) is 20.8 Å². The third kappa shape index (κ3) is 2.64. The zero-order valence-electron chi connectivity index (χ0n) is 6.82. The predicted molar refractivity (Wildman–Crippen MR) is 39.2 cm³/mol. The summed E-state index contributed by atoms with van der Waals surface area (Å²) < 4.78 is 0. The summed E-state index contributed by atoms with van der Waals surface area (Å²) in [4.78, 5) is 15.3. The molecule has 0 saturated heterocycles. The number of nitrogens with one attached hydrogen (secondary N) is 1. The van der Waals surface area contributed by atoms with Gasteiger partial charge in [0.15, 0.2) is 0 Å². The number of carbonyl (C=O) groups is 1. The molecule has 0 aliphatic rings. The first kappa shape index (κ1) is 9.17. The van der Waals surface area contributed by atoms with Gasteiger partial charge in [0.05, 0.1) is 7.11 Å². The van der Waals surface area contributed by atoms with Gasteiger partial charge in [0.1, 0.15) is 0 Å². The van der Waals surface area contributed by atoms with Gasteiger partial charge in [-0.2, -0.15) is 0 Å². The topological polar surface area (TPSA) is 38.3 Å². The van der Waals surface area contributed by atoms with Crippen molar-refractivity contribution in [2.75, 3.05) is 7.11 Å². The Morgan fingerprint density at radius 1 is 1.30 bits per heavy atom.